The molecule has 0 saturated carbocycles. The normalized spacial score (nSPS) is 14.7. The van der Waals surface area contributed by atoms with Crippen LogP contribution in [0.3, 0.4) is 0 Å². The number of ether oxygens (including phenoxy) is 2. The molecule has 7 aromatic rings. The zero-order valence-electron chi connectivity index (χ0n) is 21.3. The molecule has 1 unspecified atom stereocenters. The van der Waals surface area contributed by atoms with E-state index in [1.165, 1.54) is 21.7 Å². The SMILES string of the molecule is c1ccc2c(c1)Oc1cccc3c1P2c1cc(-c2ccc(-c4cccc5c4oc4ccccc45)cc2)ccc1O3. The summed E-state index contributed by atoms with van der Waals surface area (Å²) in [5.74, 6) is 3.63. The smallest absolute Gasteiger partial charge is 0.143 e. The molecule has 3 nitrogen and oxygen atoms in total. The second-order valence-corrected chi connectivity index (χ2v) is 12.2. The molecular formula is C36H21O3P. The van der Waals surface area contributed by atoms with E-state index in [0.29, 0.717) is 0 Å². The summed E-state index contributed by atoms with van der Waals surface area (Å²) in [4.78, 5) is 0. The Bertz CT molecular complexity index is 2110. The third-order valence-corrected chi connectivity index (χ3v) is 10.4. The van der Waals surface area contributed by atoms with Crippen molar-refractivity contribution in [3.05, 3.63) is 127 Å². The van der Waals surface area contributed by atoms with Crippen LogP contribution >= 0.6 is 7.92 Å². The third-order valence-electron chi connectivity index (χ3n) is 7.86. The van der Waals surface area contributed by atoms with Crippen LogP contribution in [0.15, 0.2) is 132 Å². The van der Waals surface area contributed by atoms with Crippen molar-refractivity contribution < 1.29 is 13.9 Å². The van der Waals surface area contributed by atoms with Gasteiger partial charge >= 0.3 is 0 Å². The third kappa shape index (κ3) is 3.16. The fraction of sp³-hybridized carbons (Fsp3) is 0. The van der Waals surface area contributed by atoms with Crippen molar-refractivity contribution >= 4 is 45.8 Å². The topological polar surface area (TPSA) is 31.6 Å². The molecule has 4 heteroatoms. The fourth-order valence-corrected chi connectivity index (χ4v) is 8.60. The minimum atomic E-state index is -0.793. The van der Waals surface area contributed by atoms with E-state index >= 15 is 0 Å². The second kappa shape index (κ2) is 8.32. The number of hydrogen-bond donors (Lipinski definition) is 0. The van der Waals surface area contributed by atoms with Crippen molar-refractivity contribution in [1.29, 1.82) is 0 Å². The number of benzene rings is 6. The van der Waals surface area contributed by atoms with E-state index in [9.17, 15) is 0 Å². The molecule has 6 aromatic carbocycles. The fourth-order valence-electron chi connectivity index (χ4n) is 6.00. The van der Waals surface area contributed by atoms with E-state index in [4.69, 9.17) is 13.9 Å². The number of para-hydroxylation sites is 3. The summed E-state index contributed by atoms with van der Waals surface area (Å²) in [6, 6.07) is 44.4. The van der Waals surface area contributed by atoms with Crippen molar-refractivity contribution in [2.24, 2.45) is 0 Å². The van der Waals surface area contributed by atoms with Crippen LogP contribution in [0, 0.1) is 0 Å². The van der Waals surface area contributed by atoms with E-state index in [2.05, 4.69) is 91.0 Å². The Morgan fingerprint density at radius 1 is 0.450 bits per heavy atom. The average Bonchev–Trinajstić information content (AvgIpc) is 3.40. The van der Waals surface area contributed by atoms with Gasteiger partial charge in [-0.25, -0.2) is 0 Å². The van der Waals surface area contributed by atoms with Crippen molar-refractivity contribution in [2.75, 3.05) is 0 Å². The van der Waals surface area contributed by atoms with Gasteiger partial charge in [0.2, 0.25) is 0 Å². The van der Waals surface area contributed by atoms with Gasteiger partial charge in [0.25, 0.3) is 0 Å². The van der Waals surface area contributed by atoms with Crippen LogP contribution in [0.25, 0.3) is 44.2 Å². The number of rotatable bonds is 2. The van der Waals surface area contributed by atoms with E-state index in [1.807, 2.05) is 36.4 Å². The molecule has 3 heterocycles. The van der Waals surface area contributed by atoms with Crippen molar-refractivity contribution in [2.45, 2.75) is 0 Å². The van der Waals surface area contributed by atoms with Gasteiger partial charge in [-0.15, -0.1) is 0 Å². The van der Waals surface area contributed by atoms with Crippen LogP contribution in [0.4, 0.5) is 0 Å². The lowest BCUT2D eigenvalue weighted by Gasteiger charge is -2.34. The van der Waals surface area contributed by atoms with Crippen molar-refractivity contribution in [1.82, 2.24) is 0 Å². The van der Waals surface area contributed by atoms with Crippen LogP contribution in [-0.4, -0.2) is 0 Å². The molecule has 1 atom stereocenters. The predicted molar refractivity (Wildman–Crippen MR) is 163 cm³/mol. The molecule has 2 aliphatic rings. The Balaban J connectivity index is 1.14. The van der Waals surface area contributed by atoms with Crippen LogP contribution in [0.2, 0.25) is 0 Å². The first kappa shape index (κ1) is 22.0. The summed E-state index contributed by atoms with van der Waals surface area (Å²) >= 11 is 0. The molecule has 0 bridgehead atoms. The summed E-state index contributed by atoms with van der Waals surface area (Å²) in [7, 11) is -0.793. The van der Waals surface area contributed by atoms with Gasteiger partial charge in [-0.05, 0) is 53.1 Å². The van der Waals surface area contributed by atoms with Gasteiger partial charge in [0.05, 0.1) is 5.30 Å². The highest BCUT2D eigenvalue weighted by Crippen LogP contribution is 2.52. The van der Waals surface area contributed by atoms with E-state index in [-0.39, 0.29) is 0 Å². The Hall–Kier alpha value is -4.85. The van der Waals surface area contributed by atoms with E-state index < -0.39 is 7.92 Å². The second-order valence-electron chi connectivity index (χ2n) is 10.2. The summed E-state index contributed by atoms with van der Waals surface area (Å²) in [5.41, 5.74) is 6.42. The van der Waals surface area contributed by atoms with Crippen LogP contribution < -0.4 is 25.4 Å². The number of fused-ring (bicyclic) bond motifs is 7. The maximum Gasteiger partial charge on any atom is 0.143 e. The molecule has 0 saturated heterocycles. The summed E-state index contributed by atoms with van der Waals surface area (Å²) in [5, 5.41) is 5.90. The van der Waals surface area contributed by atoms with Crippen LogP contribution in [0.1, 0.15) is 0 Å². The molecule has 0 fully saturated rings. The quantitative estimate of drug-likeness (QED) is 0.208. The Labute approximate surface area is 232 Å². The van der Waals surface area contributed by atoms with Gasteiger partial charge in [0.15, 0.2) is 0 Å². The van der Waals surface area contributed by atoms with Crippen LogP contribution in [0.5, 0.6) is 23.0 Å². The van der Waals surface area contributed by atoms with E-state index in [1.54, 1.807) is 0 Å². The minimum absolute atomic E-state index is 0.793. The molecule has 2 aliphatic heterocycles. The van der Waals surface area contributed by atoms with E-state index in [0.717, 1.165) is 61.4 Å². The van der Waals surface area contributed by atoms with Gasteiger partial charge in [-0.3, -0.25) is 0 Å². The van der Waals surface area contributed by atoms with Crippen molar-refractivity contribution in [3.63, 3.8) is 0 Å². The molecule has 0 aliphatic carbocycles. The monoisotopic (exact) mass is 532 g/mol. The highest BCUT2D eigenvalue weighted by molar-refractivity contribution is 7.80. The summed E-state index contributed by atoms with van der Waals surface area (Å²) in [6.07, 6.45) is 0. The van der Waals surface area contributed by atoms with Gasteiger partial charge in [0, 0.05) is 34.9 Å². The molecule has 40 heavy (non-hydrogen) atoms. The van der Waals surface area contributed by atoms with Gasteiger partial charge in [-0.1, -0.05) is 91.0 Å². The molecule has 0 radical (unpaired) electrons. The maximum atomic E-state index is 6.40. The van der Waals surface area contributed by atoms with Gasteiger partial charge in [0.1, 0.15) is 34.2 Å². The molecule has 9 rings (SSSR count). The molecular weight excluding hydrogens is 511 g/mol. The minimum Gasteiger partial charge on any atom is -0.456 e. The standard InChI is InChI=1S/C36H21O3P/c1-2-10-28-26(7-1)27-9-5-8-25(35(27)39-28)23-17-15-22(16-18-23)24-19-20-30-34(21-24)40-33-14-4-3-11-29(33)37-31-12-6-13-32(38-30)36(31)40/h1-21H. The lowest BCUT2D eigenvalue weighted by atomic mass is 9.99. The first-order valence-corrected chi connectivity index (χ1v) is 14.7. The lowest BCUT2D eigenvalue weighted by molar-refractivity contribution is 0.466. The zero-order valence-corrected chi connectivity index (χ0v) is 22.2. The predicted octanol–water partition coefficient (Wildman–Crippen LogP) is 8.89. The molecule has 0 amide bonds. The number of hydrogen-bond acceptors (Lipinski definition) is 3. The van der Waals surface area contributed by atoms with Crippen molar-refractivity contribution in [3.8, 4) is 45.3 Å². The largest absolute Gasteiger partial charge is 0.456 e. The first-order valence-electron chi connectivity index (χ1n) is 13.3. The molecule has 0 spiro atoms. The zero-order chi connectivity index (χ0) is 26.2. The Morgan fingerprint density at radius 3 is 1.98 bits per heavy atom. The summed E-state index contributed by atoms with van der Waals surface area (Å²) < 4.78 is 19.0. The molecule has 0 N–H and O–H groups in total. The van der Waals surface area contributed by atoms with Crippen LogP contribution in [-0.2, 0) is 0 Å². The average molecular weight is 533 g/mol. The number of furan rings is 1. The molecule has 1 aromatic heterocycles. The first-order chi connectivity index (χ1) is 19.8. The highest BCUT2D eigenvalue weighted by Gasteiger charge is 2.36. The lowest BCUT2D eigenvalue weighted by Crippen LogP contribution is -2.31. The molecule has 188 valence electrons. The Morgan fingerprint density at radius 2 is 1.10 bits per heavy atom. The summed E-state index contributed by atoms with van der Waals surface area (Å²) in [6.45, 7) is 0. The highest BCUT2D eigenvalue weighted by atomic mass is 31.1. The van der Waals surface area contributed by atoms with Gasteiger partial charge in [-0.2, -0.15) is 0 Å². The van der Waals surface area contributed by atoms with Gasteiger partial charge < -0.3 is 13.9 Å². The Kier molecular flexibility index (Phi) is 4.58. The maximum absolute atomic E-state index is 6.40.